The zero-order chi connectivity index (χ0) is 24.6. The van der Waals surface area contributed by atoms with E-state index in [1.807, 2.05) is 42.5 Å². The average Bonchev–Trinajstić information content (AvgIpc) is 3.30. The van der Waals surface area contributed by atoms with Gasteiger partial charge in [-0.3, -0.25) is 9.48 Å². The molecule has 1 unspecified atom stereocenters. The maximum atomic E-state index is 14.7. The van der Waals surface area contributed by atoms with E-state index < -0.39 is 11.7 Å². The SMILES string of the molecule is Cn1cc(-c2cnc(NC(=O)C(CNCCc3ccc(C#N)cc3)c3ccccc3)cc2F)cn1. The molecule has 0 radical (unpaired) electrons. The summed E-state index contributed by atoms with van der Waals surface area (Å²) in [5, 5.41) is 19.1. The molecule has 35 heavy (non-hydrogen) atoms. The molecule has 4 aromatic rings. The lowest BCUT2D eigenvalue weighted by atomic mass is 9.98. The van der Waals surface area contributed by atoms with E-state index in [4.69, 9.17) is 5.26 Å². The fourth-order valence-corrected chi connectivity index (χ4v) is 3.76. The number of nitrogens with zero attached hydrogens (tertiary/aromatic N) is 4. The van der Waals surface area contributed by atoms with Gasteiger partial charge in [-0.05, 0) is 36.2 Å². The van der Waals surface area contributed by atoms with E-state index in [1.54, 1.807) is 36.3 Å². The van der Waals surface area contributed by atoms with Crippen LogP contribution in [-0.4, -0.2) is 33.8 Å². The largest absolute Gasteiger partial charge is 0.315 e. The van der Waals surface area contributed by atoms with Crippen molar-refractivity contribution in [2.75, 3.05) is 18.4 Å². The monoisotopic (exact) mass is 468 g/mol. The average molecular weight is 469 g/mol. The Morgan fingerprint density at radius 1 is 1.14 bits per heavy atom. The number of benzene rings is 2. The van der Waals surface area contributed by atoms with E-state index in [2.05, 4.69) is 26.8 Å². The second-order valence-electron chi connectivity index (χ2n) is 8.17. The first kappa shape index (κ1) is 23.8. The molecule has 176 valence electrons. The number of anilines is 1. The molecule has 2 N–H and O–H groups in total. The third-order valence-electron chi connectivity index (χ3n) is 5.66. The van der Waals surface area contributed by atoms with Crippen LogP contribution >= 0.6 is 0 Å². The summed E-state index contributed by atoms with van der Waals surface area (Å²) < 4.78 is 16.3. The van der Waals surface area contributed by atoms with Crippen molar-refractivity contribution in [3.63, 3.8) is 0 Å². The first-order valence-electron chi connectivity index (χ1n) is 11.2. The minimum absolute atomic E-state index is 0.152. The molecule has 2 aromatic carbocycles. The Bertz CT molecular complexity index is 1330. The van der Waals surface area contributed by atoms with Crippen LogP contribution < -0.4 is 10.6 Å². The number of aromatic nitrogens is 3. The number of hydrogen-bond acceptors (Lipinski definition) is 5. The quantitative estimate of drug-likeness (QED) is 0.362. The molecule has 0 bridgehead atoms. The molecule has 0 spiro atoms. The molecule has 0 aliphatic heterocycles. The van der Waals surface area contributed by atoms with Gasteiger partial charge in [0.1, 0.15) is 11.6 Å². The van der Waals surface area contributed by atoms with E-state index in [-0.39, 0.29) is 11.7 Å². The molecule has 7 nitrogen and oxygen atoms in total. The molecule has 4 rings (SSSR count). The zero-order valence-electron chi connectivity index (χ0n) is 19.3. The number of carbonyl (C=O) groups is 1. The molecule has 0 fully saturated rings. The zero-order valence-corrected chi connectivity index (χ0v) is 19.3. The molecule has 0 saturated heterocycles. The van der Waals surface area contributed by atoms with Crippen molar-refractivity contribution in [3.05, 3.63) is 102 Å². The van der Waals surface area contributed by atoms with Crippen LogP contribution in [0.2, 0.25) is 0 Å². The van der Waals surface area contributed by atoms with Gasteiger partial charge in [-0.1, -0.05) is 42.5 Å². The highest BCUT2D eigenvalue weighted by Gasteiger charge is 2.21. The molecule has 0 saturated carbocycles. The first-order valence-corrected chi connectivity index (χ1v) is 11.2. The predicted molar refractivity (Wildman–Crippen MR) is 132 cm³/mol. The fourth-order valence-electron chi connectivity index (χ4n) is 3.76. The number of carbonyl (C=O) groups excluding carboxylic acids is 1. The Labute approximate surface area is 203 Å². The Balaban J connectivity index is 1.41. The third-order valence-corrected chi connectivity index (χ3v) is 5.66. The number of amides is 1. The number of halogens is 1. The number of rotatable bonds is 9. The molecular formula is C27H25FN6O. The second kappa shape index (κ2) is 11.2. The van der Waals surface area contributed by atoms with Gasteiger partial charge in [-0.25, -0.2) is 9.37 Å². The van der Waals surface area contributed by atoms with Crippen molar-refractivity contribution in [2.24, 2.45) is 7.05 Å². The topological polar surface area (TPSA) is 95.6 Å². The van der Waals surface area contributed by atoms with Crippen LogP contribution in [0.5, 0.6) is 0 Å². The predicted octanol–water partition coefficient (Wildman–Crippen LogP) is 4.05. The van der Waals surface area contributed by atoms with E-state index in [0.29, 0.717) is 29.8 Å². The van der Waals surface area contributed by atoms with Gasteiger partial charge in [0.25, 0.3) is 0 Å². The van der Waals surface area contributed by atoms with Crippen LogP contribution in [0.25, 0.3) is 11.1 Å². The van der Waals surface area contributed by atoms with E-state index in [1.165, 1.54) is 12.3 Å². The van der Waals surface area contributed by atoms with Crippen molar-refractivity contribution in [3.8, 4) is 17.2 Å². The molecule has 2 heterocycles. The third kappa shape index (κ3) is 6.16. The van der Waals surface area contributed by atoms with Crippen LogP contribution in [0.3, 0.4) is 0 Å². The highest BCUT2D eigenvalue weighted by atomic mass is 19.1. The molecule has 0 aliphatic carbocycles. The maximum absolute atomic E-state index is 14.7. The van der Waals surface area contributed by atoms with Crippen molar-refractivity contribution in [1.82, 2.24) is 20.1 Å². The summed E-state index contributed by atoms with van der Waals surface area (Å²) in [5.41, 5.74) is 3.51. The summed E-state index contributed by atoms with van der Waals surface area (Å²) in [6.07, 6.45) is 5.42. The summed E-state index contributed by atoms with van der Waals surface area (Å²) in [4.78, 5) is 17.4. The van der Waals surface area contributed by atoms with Gasteiger partial charge in [0.05, 0.1) is 23.7 Å². The highest BCUT2D eigenvalue weighted by Crippen LogP contribution is 2.24. The Hall–Kier alpha value is -4.35. The lowest BCUT2D eigenvalue weighted by molar-refractivity contribution is -0.117. The van der Waals surface area contributed by atoms with Gasteiger partial charge in [-0.15, -0.1) is 0 Å². The standard InChI is InChI=1S/C27H25FN6O/c1-34-18-22(15-32-34)23-17-31-26(13-25(23)28)33-27(35)24(21-5-3-2-4-6-21)16-30-12-11-19-7-9-20(14-29)10-8-19/h2-10,13,15,17-18,24,30H,11-12,16H2,1H3,(H,31,33,35). The lowest BCUT2D eigenvalue weighted by Crippen LogP contribution is -2.32. The number of hydrogen-bond donors (Lipinski definition) is 2. The van der Waals surface area contributed by atoms with Crippen LogP contribution in [-0.2, 0) is 18.3 Å². The number of pyridine rings is 1. The Morgan fingerprint density at radius 2 is 1.91 bits per heavy atom. The molecule has 0 aliphatic rings. The summed E-state index contributed by atoms with van der Waals surface area (Å²) >= 11 is 0. The smallest absolute Gasteiger partial charge is 0.234 e. The summed E-state index contributed by atoms with van der Waals surface area (Å²) in [6, 6.07) is 20.2. The second-order valence-corrected chi connectivity index (χ2v) is 8.17. The van der Waals surface area contributed by atoms with Gasteiger partial charge in [0.15, 0.2) is 0 Å². The number of nitrogens with one attached hydrogen (secondary N) is 2. The normalized spacial score (nSPS) is 11.6. The van der Waals surface area contributed by atoms with Crippen LogP contribution in [0, 0.1) is 17.1 Å². The minimum Gasteiger partial charge on any atom is -0.315 e. The van der Waals surface area contributed by atoms with E-state index in [9.17, 15) is 9.18 Å². The van der Waals surface area contributed by atoms with Crippen molar-refractivity contribution < 1.29 is 9.18 Å². The molecule has 1 atom stereocenters. The summed E-state index contributed by atoms with van der Waals surface area (Å²) in [6.45, 7) is 1.07. The van der Waals surface area contributed by atoms with Crippen LogP contribution in [0.1, 0.15) is 22.6 Å². The molecule has 1 amide bonds. The molecule has 8 heteroatoms. The Kier molecular flexibility index (Phi) is 7.60. The minimum atomic E-state index is -0.486. The fraction of sp³-hybridized carbons (Fsp3) is 0.185. The number of nitriles is 1. The van der Waals surface area contributed by atoms with Crippen molar-refractivity contribution in [1.29, 1.82) is 5.26 Å². The summed E-state index contributed by atoms with van der Waals surface area (Å²) in [7, 11) is 1.76. The van der Waals surface area contributed by atoms with Crippen molar-refractivity contribution >= 4 is 11.7 Å². The van der Waals surface area contributed by atoms with Gasteiger partial charge in [-0.2, -0.15) is 10.4 Å². The van der Waals surface area contributed by atoms with Crippen LogP contribution in [0.4, 0.5) is 10.2 Å². The molecular weight excluding hydrogens is 443 g/mol. The van der Waals surface area contributed by atoms with E-state index in [0.717, 1.165) is 17.5 Å². The maximum Gasteiger partial charge on any atom is 0.234 e. The molecule has 2 aromatic heterocycles. The lowest BCUT2D eigenvalue weighted by Gasteiger charge is -2.18. The van der Waals surface area contributed by atoms with Gasteiger partial charge < -0.3 is 10.6 Å². The Morgan fingerprint density at radius 3 is 2.57 bits per heavy atom. The summed E-state index contributed by atoms with van der Waals surface area (Å²) in [5.74, 6) is -1.10. The van der Waals surface area contributed by atoms with Crippen molar-refractivity contribution in [2.45, 2.75) is 12.3 Å². The number of aryl methyl sites for hydroxylation is 1. The van der Waals surface area contributed by atoms with Gasteiger partial charge >= 0.3 is 0 Å². The van der Waals surface area contributed by atoms with Gasteiger partial charge in [0, 0.05) is 43.2 Å². The van der Waals surface area contributed by atoms with E-state index >= 15 is 0 Å². The van der Waals surface area contributed by atoms with Gasteiger partial charge in [0.2, 0.25) is 5.91 Å². The first-order chi connectivity index (χ1) is 17.0. The highest BCUT2D eigenvalue weighted by molar-refractivity contribution is 5.95. The van der Waals surface area contributed by atoms with Crippen LogP contribution in [0.15, 0.2) is 79.3 Å².